The minimum atomic E-state index is 1.00. The highest BCUT2D eigenvalue weighted by Gasteiger charge is 2.14. The van der Waals surface area contributed by atoms with Gasteiger partial charge < -0.3 is 4.90 Å². The van der Waals surface area contributed by atoms with E-state index in [1.165, 1.54) is 10.5 Å². The van der Waals surface area contributed by atoms with Crippen molar-refractivity contribution in [2.45, 2.75) is 13.3 Å². The van der Waals surface area contributed by atoms with Gasteiger partial charge in [0.05, 0.1) is 4.20 Å². The summed E-state index contributed by atoms with van der Waals surface area (Å²) in [5.74, 6) is 0. The first-order valence-electron chi connectivity index (χ1n) is 3.94. The SMILES string of the molecule is CCC1=CC(=CN(C)C)C(=S)S1. The molecule has 0 saturated carbocycles. The zero-order chi connectivity index (χ0) is 9.14. The predicted molar refractivity (Wildman–Crippen MR) is 60.3 cm³/mol. The largest absolute Gasteiger partial charge is 0.383 e. The lowest BCUT2D eigenvalue weighted by Gasteiger charge is -2.05. The van der Waals surface area contributed by atoms with E-state index in [1.807, 2.05) is 19.0 Å². The fourth-order valence-corrected chi connectivity index (χ4v) is 2.21. The van der Waals surface area contributed by atoms with Crippen molar-refractivity contribution in [3.63, 3.8) is 0 Å². The first kappa shape index (κ1) is 9.81. The van der Waals surface area contributed by atoms with E-state index in [4.69, 9.17) is 12.2 Å². The van der Waals surface area contributed by atoms with Gasteiger partial charge in [-0.2, -0.15) is 0 Å². The summed E-state index contributed by atoms with van der Waals surface area (Å²) in [6, 6.07) is 0. The summed E-state index contributed by atoms with van der Waals surface area (Å²) in [6.45, 7) is 2.15. The molecule has 1 aliphatic rings. The number of hydrogen-bond acceptors (Lipinski definition) is 3. The van der Waals surface area contributed by atoms with Crippen LogP contribution in [0.15, 0.2) is 22.8 Å². The summed E-state index contributed by atoms with van der Waals surface area (Å²) >= 11 is 6.93. The van der Waals surface area contributed by atoms with Crippen LogP contribution < -0.4 is 0 Å². The second-order valence-corrected chi connectivity index (χ2v) is 4.71. The average molecular weight is 199 g/mol. The maximum Gasteiger partial charge on any atom is 0.0837 e. The minimum absolute atomic E-state index is 1.00. The van der Waals surface area contributed by atoms with Crippen molar-refractivity contribution in [1.29, 1.82) is 0 Å². The Morgan fingerprint density at radius 2 is 2.25 bits per heavy atom. The molecule has 0 saturated heterocycles. The van der Waals surface area contributed by atoms with Gasteiger partial charge in [-0.15, -0.1) is 0 Å². The molecule has 0 fully saturated rings. The molecule has 0 spiro atoms. The van der Waals surface area contributed by atoms with Gasteiger partial charge in [0.2, 0.25) is 0 Å². The van der Waals surface area contributed by atoms with Crippen LogP contribution in [-0.2, 0) is 0 Å². The second-order valence-electron chi connectivity index (χ2n) is 2.90. The van der Waals surface area contributed by atoms with E-state index in [1.54, 1.807) is 11.8 Å². The predicted octanol–water partition coefficient (Wildman–Crippen LogP) is 2.80. The summed E-state index contributed by atoms with van der Waals surface area (Å²) in [7, 11) is 4.02. The quantitative estimate of drug-likeness (QED) is 0.497. The maximum absolute atomic E-state index is 5.22. The monoisotopic (exact) mass is 199 g/mol. The van der Waals surface area contributed by atoms with E-state index < -0.39 is 0 Å². The van der Waals surface area contributed by atoms with Crippen LogP contribution in [0.25, 0.3) is 0 Å². The lowest BCUT2D eigenvalue weighted by molar-refractivity contribution is 0.562. The molecule has 0 aliphatic carbocycles. The van der Waals surface area contributed by atoms with E-state index >= 15 is 0 Å². The molecular formula is C9H13NS2. The molecule has 0 aromatic rings. The molecule has 0 bridgehead atoms. The van der Waals surface area contributed by atoms with Crippen molar-refractivity contribution >= 4 is 28.2 Å². The van der Waals surface area contributed by atoms with Crippen molar-refractivity contribution < 1.29 is 0 Å². The highest BCUT2D eigenvalue weighted by atomic mass is 32.2. The van der Waals surface area contributed by atoms with Crippen LogP contribution in [0, 0.1) is 0 Å². The molecule has 1 heterocycles. The van der Waals surface area contributed by atoms with Gasteiger partial charge in [0, 0.05) is 25.9 Å². The number of nitrogens with zero attached hydrogens (tertiary/aromatic N) is 1. The number of thioether (sulfide) groups is 1. The molecule has 0 amide bonds. The summed E-state index contributed by atoms with van der Waals surface area (Å²) in [6.07, 6.45) is 5.32. The zero-order valence-corrected chi connectivity index (χ0v) is 9.26. The Morgan fingerprint density at radius 1 is 1.58 bits per heavy atom. The standard InChI is InChI=1S/C9H13NS2/c1-4-8-5-7(6-10(2)3)9(11)12-8/h5-6H,4H2,1-3H3. The Hall–Kier alpha value is -0.280. The smallest absolute Gasteiger partial charge is 0.0837 e. The molecule has 1 nitrogen and oxygen atoms in total. The number of hydrogen-bond donors (Lipinski definition) is 0. The van der Waals surface area contributed by atoms with Gasteiger partial charge in [-0.3, -0.25) is 0 Å². The molecular weight excluding hydrogens is 186 g/mol. The minimum Gasteiger partial charge on any atom is -0.383 e. The Balaban J connectivity index is 2.79. The topological polar surface area (TPSA) is 3.24 Å². The van der Waals surface area contributed by atoms with Gasteiger partial charge in [0.25, 0.3) is 0 Å². The molecule has 0 aromatic heterocycles. The highest BCUT2D eigenvalue weighted by Crippen LogP contribution is 2.33. The lowest BCUT2D eigenvalue weighted by Crippen LogP contribution is -2.03. The fraction of sp³-hybridized carbons (Fsp3) is 0.444. The third-order valence-electron chi connectivity index (χ3n) is 1.52. The first-order chi connectivity index (χ1) is 5.63. The summed E-state index contributed by atoms with van der Waals surface area (Å²) < 4.78 is 1.00. The van der Waals surface area contributed by atoms with Crippen molar-refractivity contribution in [3.8, 4) is 0 Å². The Bertz CT molecular complexity index is 251. The van der Waals surface area contributed by atoms with E-state index in [9.17, 15) is 0 Å². The van der Waals surface area contributed by atoms with Gasteiger partial charge in [-0.05, 0) is 17.4 Å². The van der Waals surface area contributed by atoms with Crippen LogP contribution >= 0.6 is 24.0 Å². The van der Waals surface area contributed by atoms with Crippen molar-refractivity contribution in [3.05, 3.63) is 22.8 Å². The fourth-order valence-electron chi connectivity index (χ4n) is 0.982. The first-order valence-corrected chi connectivity index (χ1v) is 5.17. The van der Waals surface area contributed by atoms with Crippen LogP contribution in [0.1, 0.15) is 13.3 Å². The van der Waals surface area contributed by atoms with Crippen molar-refractivity contribution in [2.24, 2.45) is 0 Å². The molecule has 0 aromatic carbocycles. The molecule has 0 N–H and O–H groups in total. The Kier molecular flexibility index (Phi) is 3.35. The van der Waals surface area contributed by atoms with Gasteiger partial charge in [0.1, 0.15) is 0 Å². The molecule has 0 unspecified atom stereocenters. The van der Waals surface area contributed by atoms with Crippen LogP contribution in [0.2, 0.25) is 0 Å². The van der Waals surface area contributed by atoms with Gasteiger partial charge in [0.15, 0.2) is 0 Å². The van der Waals surface area contributed by atoms with Crippen LogP contribution in [-0.4, -0.2) is 23.2 Å². The Labute approximate surface area is 83.5 Å². The van der Waals surface area contributed by atoms with E-state index in [0.717, 1.165) is 10.6 Å². The molecule has 12 heavy (non-hydrogen) atoms. The molecule has 0 radical (unpaired) electrons. The molecule has 3 heteroatoms. The second kappa shape index (κ2) is 4.10. The normalized spacial score (nSPS) is 20.1. The van der Waals surface area contributed by atoms with Crippen LogP contribution in [0.5, 0.6) is 0 Å². The van der Waals surface area contributed by atoms with Crippen molar-refractivity contribution in [2.75, 3.05) is 14.1 Å². The number of rotatable bonds is 2. The van der Waals surface area contributed by atoms with E-state index in [2.05, 4.69) is 19.2 Å². The van der Waals surface area contributed by atoms with Gasteiger partial charge in [-0.25, -0.2) is 0 Å². The summed E-state index contributed by atoms with van der Waals surface area (Å²) in [5, 5.41) is 0. The molecule has 66 valence electrons. The number of thiocarbonyl (C=S) groups is 1. The number of allylic oxidation sites excluding steroid dienone is 2. The van der Waals surface area contributed by atoms with E-state index in [0.29, 0.717) is 0 Å². The lowest BCUT2D eigenvalue weighted by atomic mass is 10.3. The maximum atomic E-state index is 5.22. The molecule has 0 atom stereocenters. The third kappa shape index (κ3) is 2.35. The third-order valence-corrected chi connectivity index (χ3v) is 3.10. The van der Waals surface area contributed by atoms with Crippen LogP contribution in [0.4, 0.5) is 0 Å². The molecule has 1 aliphatic heterocycles. The Morgan fingerprint density at radius 3 is 2.67 bits per heavy atom. The zero-order valence-electron chi connectivity index (χ0n) is 7.63. The summed E-state index contributed by atoms with van der Waals surface area (Å²) in [4.78, 5) is 3.39. The average Bonchev–Trinajstić information content (AvgIpc) is 2.31. The van der Waals surface area contributed by atoms with Gasteiger partial charge in [-0.1, -0.05) is 30.9 Å². The molecule has 1 rings (SSSR count). The van der Waals surface area contributed by atoms with E-state index in [-0.39, 0.29) is 0 Å². The van der Waals surface area contributed by atoms with Gasteiger partial charge >= 0.3 is 0 Å². The highest BCUT2D eigenvalue weighted by molar-refractivity contribution is 8.26. The van der Waals surface area contributed by atoms with Crippen LogP contribution in [0.3, 0.4) is 0 Å². The van der Waals surface area contributed by atoms with Crippen molar-refractivity contribution in [1.82, 2.24) is 4.90 Å². The summed E-state index contributed by atoms with van der Waals surface area (Å²) in [5.41, 5.74) is 1.18.